The molecule has 1 radical (unpaired) electrons. The highest BCUT2D eigenvalue weighted by Crippen LogP contribution is 2.15. The third-order valence-corrected chi connectivity index (χ3v) is 3.19. The van der Waals surface area contributed by atoms with Crippen LogP contribution in [-0.4, -0.2) is 36.5 Å². The number of hydrogen-bond donors (Lipinski definition) is 2. The Morgan fingerprint density at radius 3 is 2.65 bits per heavy atom. The molecule has 0 unspecified atom stereocenters. The van der Waals surface area contributed by atoms with E-state index in [-0.39, 0.29) is 24.4 Å². The lowest BCUT2D eigenvalue weighted by Crippen LogP contribution is -2.45. The molecule has 5 nitrogen and oxygen atoms in total. The Balaban J connectivity index is 1.72. The number of hydrogen-bond acceptors (Lipinski definition) is 3. The number of aliphatic carboxylic acids is 1. The average Bonchev–Trinajstić information content (AvgIpc) is 2.41. The van der Waals surface area contributed by atoms with Gasteiger partial charge in [-0.2, -0.15) is 0 Å². The number of carbonyl (C=O) groups excluding carboxylic acids is 1. The van der Waals surface area contributed by atoms with Gasteiger partial charge in [0.2, 0.25) is 5.91 Å². The molecule has 1 fully saturated rings. The summed E-state index contributed by atoms with van der Waals surface area (Å²) in [5.74, 6) is -1.07. The predicted molar refractivity (Wildman–Crippen MR) is 74.2 cm³/mol. The first-order valence-corrected chi connectivity index (χ1v) is 6.67. The van der Waals surface area contributed by atoms with E-state index in [1.165, 1.54) is 0 Å². The van der Waals surface area contributed by atoms with E-state index in [9.17, 15) is 9.59 Å². The van der Waals surface area contributed by atoms with Crippen molar-refractivity contribution in [1.29, 1.82) is 0 Å². The Morgan fingerprint density at radius 2 is 2.05 bits per heavy atom. The maximum absolute atomic E-state index is 11.9. The minimum absolute atomic E-state index is 0.00117. The molecule has 2 atom stereocenters. The molecule has 1 heterocycles. The molecule has 1 aliphatic rings. The van der Waals surface area contributed by atoms with Crippen LogP contribution in [0.15, 0.2) is 30.3 Å². The Morgan fingerprint density at radius 1 is 1.30 bits per heavy atom. The molecule has 2 rings (SSSR count). The first-order chi connectivity index (χ1) is 9.63. The molecule has 0 spiro atoms. The second kappa shape index (κ2) is 7.10. The third-order valence-electron chi connectivity index (χ3n) is 3.19. The molecule has 0 saturated carbocycles. The molecular weight excluding hydrogens is 257 g/mol. The number of amides is 1. The minimum atomic E-state index is -0.866. The standard InChI is InChI=1S/C14H17BNO4/c17-13(8-10-4-2-1-3-5-10)16-12-7-6-11(20-15-12)9-14(18)19/h1-5,11-12H,6-9H2,(H,16,17)(H,18,19)/t11-,12-/m0/s1. The Kier molecular flexibility index (Phi) is 5.18. The molecule has 20 heavy (non-hydrogen) atoms. The molecule has 1 amide bonds. The first-order valence-electron chi connectivity index (χ1n) is 6.67. The molecule has 105 valence electrons. The number of benzene rings is 1. The Bertz CT molecular complexity index is 458. The molecule has 0 aliphatic carbocycles. The van der Waals surface area contributed by atoms with Crippen LogP contribution in [0.5, 0.6) is 0 Å². The lowest BCUT2D eigenvalue weighted by Gasteiger charge is -2.28. The zero-order chi connectivity index (χ0) is 14.4. The molecule has 1 aromatic carbocycles. The fourth-order valence-corrected chi connectivity index (χ4v) is 2.20. The van der Waals surface area contributed by atoms with Gasteiger partial charge in [0.05, 0.1) is 18.9 Å². The number of rotatable bonds is 5. The normalized spacial score (nSPS) is 21.8. The quantitative estimate of drug-likeness (QED) is 0.784. The van der Waals surface area contributed by atoms with Crippen LogP contribution < -0.4 is 5.32 Å². The molecular formula is C14H17BNO4. The highest BCUT2D eigenvalue weighted by atomic mass is 16.4. The molecule has 1 saturated heterocycles. The van der Waals surface area contributed by atoms with Crippen LogP contribution in [-0.2, 0) is 20.7 Å². The summed E-state index contributed by atoms with van der Waals surface area (Å²) in [5.41, 5.74) is 0.963. The van der Waals surface area contributed by atoms with Crippen molar-refractivity contribution >= 4 is 19.4 Å². The van der Waals surface area contributed by atoms with Gasteiger partial charge in [0.1, 0.15) is 0 Å². The first kappa shape index (κ1) is 14.6. The lowest BCUT2D eigenvalue weighted by molar-refractivity contribution is -0.139. The monoisotopic (exact) mass is 274 g/mol. The van der Waals surface area contributed by atoms with E-state index in [1.807, 2.05) is 30.3 Å². The van der Waals surface area contributed by atoms with E-state index in [2.05, 4.69) is 5.32 Å². The van der Waals surface area contributed by atoms with Gasteiger partial charge >= 0.3 is 13.5 Å². The maximum atomic E-state index is 11.9. The van der Waals surface area contributed by atoms with Crippen molar-refractivity contribution in [2.45, 2.75) is 37.7 Å². The van der Waals surface area contributed by atoms with Crippen LogP contribution in [0.2, 0.25) is 0 Å². The number of carboxylic acids is 1. The molecule has 6 heteroatoms. The number of carbonyl (C=O) groups is 2. The van der Waals surface area contributed by atoms with Gasteiger partial charge in [-0.1, -0.05) is 30.3 Å². The predicted octanol–water partition coefficient (Wildman–Crippen LogP) is 0.944. The van der Waals surface area contributed by atoms with Crippen LogP contribution >= 0.6 is 0 Å². The molecule has 0 aromatic heterocycles. The highest BCUT2D eigenvalue weighted by molar-refractivity contribution is 6.30. The van der Waals surface area contributed by atoms with Crippen LogP contribution in [0, 0.1) is 0 Å². The largest absolute Gasteiger partial charge is 0.481 e. The van der Waals surface area contributed by atoms with Gasteiger partial charge in [-0.15, -0.1) is 0 Å². The van der Waals surface area contributed by atoms with Crippen molar-refractivity contribution < 1.29 is 19.3 Å². The SMILES string of the molecule is O=C(O)C[C@@H]1CC[C@H](NC(=O)Cc2ccccc2)[B]O1. The van der Waals surface area contributed by atoms with Gasteiger partial charge in [-0.3, -0.25) is 9.59 Å². The van der Waals surface area contributed by atoms with E-state index in [0.717, 1.165) is 5.56 Å². The van der Waals surface area contributed by atoms with Crippen molar-refractivity contribution in [2.75, 3.05) is 0 Å². The summed E-state index contributed by atoms with van der Waals surface area (Å²) in [7, 11) is 1.54. The lowest BCUT2D eigenvalue weighted by atomic mass is 9.79. The summed E-state index contributed by atoms with van der Waals surface area (Å²) in [4.78, 5) is 22.4. The van der Waals surface area contributed by atoms with Crippen molar-refractivity contribution in [3.8, 4) is 0 Å². The Hall–Kier alpha value is -1.82. The maximum Gasteiger partial charge on any atom is 0.317 e. The molecule has 1 aliphatic heterocycles. The van der Waals surface area contributed by atoms with Crippen molar-refractivity contribution in [1.82, 2.24) is 5.32 Å². The van der Waals surface area contributed by atoms with E-state index in [0.29, 0.717) is 19.3 Å². The summed E-state index contributed by atoms with van der Waals surface area (Å²) in [5, 5.41) is 11.6. The average molecular weight is 274 g/mol. The fourth-order valence-electron chi connectivity index (χ4n) is 2.20. The Labute approximate surface area is 118 Å². The second-order valence-corrected chi connectivity index (χ2v) is 4.91. The topological polar surface area (TPSA) is 75.6 Å². The van der Waals surface area contributed by atoms with Gasteiger partial charge in [0.15, 0.2) is 0 Å². The zero-order valence-electron chi connectivity index (χ0n) is 11.1. The summed E-state index contributed by atoms with van der Waals surface area (Å²) >= 11 is 0. The van der Waals surface area contributed by atoms with E-state index in [1.54, 1.807) is 7.48 Å². The summed E-state index contributed by atoms with van der Waals surface area (Å²) in [6.45, 7) is 0. The molecule has 0 bridgehead atoms. The van der Waals surface area contributed by atoms with Crippen LogP contribution in [0.25, 0.3) is 0 Å². The van der Waals surface area contributed by atoms with Gasteiger partial charge in [-0.25, -0.2) is 0 Å². The van der Waals surface area contributed by atoms with Crippen molar-refractivity contribution in [3.63, 3.8) is 0 Å². The third kappa shape index (κ3) is 4.70. The van der Waals surface area contributed by atoms with E-state index >= 15 is 0 Å². The summed E-state index contributed by atoms with van der Waals surface area (Å²) in [6.07, 6.45) is 1.40. The fraction of sp³-hybridized carbons (Fsp3) is 0.429. The highest BCUT2D eigenvalue weighted by Gasteiger charge is 2.26. The summed E-state index contributed by atoms with van der Waals surface area (Å²) < 4.78 is 5.33. The summed E-state index contributed by atoms with van der Waals surface area (Å²) in [6, 6.07) is 9.52. The second-order valence-electron chi connectivity index (χ2n) is 4.91. The van der Waals surface area contributed by atoms with Crippen molar-refractivity contribution in [2.24, 2.45) is 0 Å². The van der Waals surface area contributed by atoms with Gasteiger partial charge in [-0.05, 0) is 18.4 Å². The number of carboxylic acid groups (broad SMARTS) is 1. The van der Waals surface area contributed by atoms with Gasteiger partial charge < -0.3 is 15.1 Å². The molecule has 1 aromatic rings. The minimum Gasteiger partial charge on any atom is -0.481 e. The van der Waals surface area contributed by atoms with E-state index < -0.39 is 5.97 Å². The number of nitrogens with one attached hydrogen (secondary N) is 1. The van der Waals surface area contributed by atoms with Crippen molar-refractivity contribution in [3.05, 3.63) is 35.9 Å². The van der Waals surface area contributed by atoms with Crippen LogP contribution in [0.3, 0.4) is 0 Å². The molecule has 2 N–H and O–H groups in total. The van der Waals surface area contributed by atoms with Gasteiger partial charge in [0.25, 0.3) is 0 Å². The van der Waals surface area contributed by atoms with Crippen LogP contribution in [0.4, 0.5) is 0 Å². The van der Waals surface area contributed by atoms with E-state index in [4.69, 9.17) is 9.76 Å². The smallest absolute Gasteiger partial charge is 0.317 e. The van der Waals surface area contributed by atoms with Gasteiger partial charge in [0, 0.05) is 5.94 Å². The zero-order valence-corrected chi connectivity index (χ0v) is 11.1. The van der Waals surface area contributed by atoms with Crippen LogP contribution in [0.1, 0.15) is 24.8 Å².